The Morgan fingerprint density at radius 3 is 2.45 bits per heavy atom. The lowest BCUT2D eigenvalue weighted by atomic mass is 9.49. The Hall–Kier alpha value is -1.19. The van der Waals surface area contributed by atoms with Gasteiger partial charge in [0, 0.05) is 54.4 Å². The molecule has 3 rings (SSSR count). The summed E-state index contributed by atoms with van der Waals surface area (Å²) in [5, 5.41) is 13.0. The highest BCUT2D eigenvalue weighted by Gasteiger charge is 2.60. The minimum atomic E-state index is -0.542. The first-order chi connectivity index (χ1) is 14.3. The molecule has 174 valence electrons. The van der Waals surface area contributed by atoms with Gasteiger partial charge < -0.3 is 24.3 Å². The molecular formula is C22H38BN3O4S. The lowest BCUT2D eigenvalue weighted by Gasteiger charge is -2.56. The van der Waals surface area contributed by atoms with Crippen molar-refractivity contribution < 1.29 is 18.9 Å². The molecule has 0 aromatic heterocycles. The highest BCUT2D eigenvalue weighted by atomic mass is 32.2. The third-order valence-corrected chi connectivity index (χ3v) is 8.02. The van der Waals surface area contributed by atoms with Gasteiger partial charge in [0.25, 0.3) is 0 Å². The molecule has 31 heavy (non-hydrogen) atoms. The first-order valence-electron chi connectivity index (χ1n) is 11.3. The Bertz CT molecular complexity index is 742. The van der Waals surface area contributed by atoms with E-state index in [2.05, 4.69) is 33.0 Å². The molecule has 0 atom stereocenters. The van der Waals surface area contributed by atoms with Crippen LogP contribution < -0.4 is 5.32 Å². The average Bonchev–Trinajstić information content (AvgIpc) is 2.67. The van der Waals surface area contributed by atoms with Crippen molar-refractivity contribution in [2.45, 2.75) is 90.3 Å². The van der Waals surface area contributed by atoms with Crippen LogP contribution in [0.5, 0.6) is 0 Å². The Morgan fingerprint density at radius 1 is 1.26 bits per heavy atom. The van der Waals surface area contributed by atoms with Crippen LogP contribution in [0.25, 0.3) is 0 Å². The van der Waals surface area contributed by atoms with Crippen molar-refractivity contribution in [3.63, 3.8) is 0 Å². The van der Waals surface area contributed by atoms with Crippen molar-refractivity contribution in [3.05, 3.63) is 11.3 Å². The lowest BCUT2D eigenvalue weighted by Crippen LogP contribution is -2.60. The van der Waals surface area contributed by atoms with Crippen LogP contribution >= 0.6 is 11.6 Å². The molecule has 0 aliphatic carbocycles. The van der Waals surface area contributed by atoms with E-state index in [0.29, 0.717) is 30.6 Å². The zero-order valence-electron chi connectivity index (χ0n) is 20.1. The third-order valence-electron chi connectivity index (χ3n) is 6.64. The Balaban J connectivity index is 1.76. The molecule has 0 spiro atoms. The number of carbonyl (C=O) groups is 1. The molecule has 2 saturated heterocycles. The van der Waals surface area contributed by atoms with Crippen LogP contribution in [0.2, 0.25) is 5.31 Å². The van der Waals surface area contributed by atoms with Crippen molar-refractivity contribution in [1.29, 1.82) is 5.41 Å². The monoisotopic (exact) mass is 451 g/mol. The van der Waals surface area contributed by atoms with Crippen LogP contribution in [-0.4, -0.2) is 65.8 Å². The molecule has 2 fully saturated rings. The Labute approximate surface area is 191 Å². The predicted octanol–water partition coefficient (Wildman–Crippen LogP) is 4.44. The van der Waals surface area contributed by atoms with Gasteiger partial charge in [-0.15, -0.1) is 11.6 Å². The molecule has 0 aromatic rings. The van der Waals surface area contributed by atoms with Gasteiger partial charge in [0.2, 0.25) is 0 Å². The summed E-state index contributed by atoms with van der Waals surface area (Å²) in [6.45, 7) is 16.7. The number of hydrogen-bond donors (Lipinski definition) is 2. The van der Waals surface area contributed by atoms with Crippen LogP contribution in [0.3, 0.4) is 0 Å². The molecule has 0 bridgehead atoms. The van der Waals surface area contributed by atoms with Gasteiger partial charge in [-0.2, -0.15) is 0 Å². The topological polar surface area (TPSA) is 83.9 Å². The summed E-state index contributed by atoms with van der Waals surface area (Å²) in [7, 11) is 0. The number of nitrogens with one attached hydrogen (secondary N) is 2. The minimum Gasteiger partial charge on any atom is -0.444 e. The van der Waals surface area contributed by atoms with E-state index in [1.807, 2.05) is 20.8 Å². The molecule has 0 unspecified atom stereocenters. The van der Waals surface area contributed by atoms with Crippen molar-refractivity contribution in [2.24, 2.45) is 0 Å². The normalized spacial score (nSPS) is 24.0. The fraction of sp³-hybridized carbons (Fsp3) is 0.818. The summed E-state index contributed by atoms with van der Waals surface area (Å²) >= 11 is 1.45. The maximum atomic E-state index is 12.7. The number of rotatable bonds is 4. The van der Waals surface area contributed by atoms with Gasteiger partial charge in [-0.25, -0.2) is 4.79 Å². The van der Waals surface area contributed by atoms with E-state index < -0.39 is 5.60 Å². The number of ether oxygens (including phenoxy) is 2. The molecule has 0 aromatic carbocycles. The number of nitrogens with zero attached hydrogens (tertiary/aromatic N) is 1. The highest BCUT2D eigenvalue weighted by Crippen LogP contribution is 2.57. The number of carbonyl (C=O) groups excluding carboxylic acids is 1. The molecule has 7 nitrogen and oxygen atoms in total. The third kappa shape index (κ3) is 5.60. The molecule has 3 aliphatic heterocycles. The molecule has 3 heterocycles. The van der Waals surface area contributed by atoms with Crippen molar-refractivity contribution in [2.75, 3.05) is 26.3 Å². The summed E-state index contributed by atoms with van der Waals surface area (Å²) < 4.78 is 17.2. The van der Waals surface area contributed by atoms with Gasteiger partial charge in [0.1, 0.15) is 5.60 Å². The number of hydrogen-bond acceptors (Lipinski definition) is 7. The predicted molar refractivity (Wildman–Crippen MR) is 127 cm³/mol. The van der Waals surface area contributed by atoms with Crippen molar-refractivity contribution in [3.8, 4) is 0 Å². The summed E-state index contributed by atoms with van der Waals surface area (Å²) in [6.07, 6.45) is 2.20. The van der Waals surface area contributed by atoms with Crippen LogP contribution in [0.15, 0.2) is 11.3 Å². The maximum absolute atomic E-state index is 12.7. The minimum absolute atomic E-state index is 0.0433. The summed E-state index contributed by atoms with van der Waals surface area (Å²) in [5.74, 6) is 0. The Morgan fingerprint density at radius 2 is 1.90 bits per heavy atom. The van der Waals surface area contributed by atoms with E-state index in [9.17, 15) is 4.79 Å². The standard InChI is InChI=1S/C22H38BN3O4S/c1-20(2,3)29-19(27)26-11-8-17(25-15-9-12-28-13-10-15)16(14-26)18(24)31-23-21(4,5)22(6,7)30-23/h15,24-25H,8-14H2,1-7H3. The van der Waals surface area contributed by atoms with Crippen molar-refractivity contribution >= 4 is 28.9 Å². The molecule has 3 aliphatic rings. The SMILES string of the molecule is CC(C)(C)OC(=O)N1CCC(NC2CCOCC2)=C(C(=N)SB2OC(C)(C)C2(C)C)C1. The van der Waals surface area contributed by atoms with E-state index >= 15 is 0 Å². The second-order valence-corrected chi connectivity index (χ2v) is 11.8. The molecule has 1 amide bonds. The molecule has 2 N–H and O–H groups in total. The van der Waals surface area contributed by atoms with Crippen LogP contribution in [-0.2, 0) is 14.1 Å². The van der Waals surface area contributed by atoms with Crippen LogP contribution in [0, 0.1) is 5.41 Å². The van der Waals surface area contributed by atoms with Gasteiger partial charge >= 0.3 is 12.3 Å². The molecule has 9 heteroatoms. The van der Waals surface area contributed by atoms with Crippen molar-refractivity contribution in [1.82, 2.24) is 10.2 Å². The van der Waals surface area contributed by atoms with Gasteiger partial charge in [0.15, 0.2) is 0 Å². The maximum Gasteiger partial charge on any atom is 0.410 e. The molecular weight excluding hydrogens is 413 g/mol. The summed E-state index contributed by atoms with van der Waals surface area (Å²) in [4.78, 5) is 14.4. The zero-order chi connectivity index (χ0) is 23.0. The summed E-state index contributed by atoms with van der Waals surface area (Å²) in [5.41, 5.74) is 1.19. The first kappa shape index (κ1) is 24.5. The Kier molecular flexibility index (Phi) is 7.09. The van der Waals surface area contributed by atoms with Gasteiger partial charge in [-0.05, 0) is 47.5 Å². The van der Waals surface area contributed by atoms with E-state index in [1.54, 1.807) is 4.90 Å². The number of amides is 1. The van der Waals surface area contributed by atoms with Gasteiger partial charge in [0.05, 0.1) is 11.6 Å². The van der Waals surface area contributed by atoms with E-state index in [4.69, 9.17) is 19.5 Å². The van der Waals surface area contributed by atoms with Crippen LogP contribution in [0.1, 0.15) is 67.7 Å². The van der Waals surface area contributed by atoms with E-state index in [1.165, 1.54) is 11.6 Å². The quantitative estimate of drug-likeness (QED) is 0.374. The summed E-state index contributed by atoms with van der Waals surface area (Å²) in [6, 6.07) is 0.347. The van der Waals surface area contributed by atoms with E-state index in [0.717, 1.165) is 37.3 Å². The van der Waals surface area contributed by atoms with E-state index in [-0.39, 0.29) is 23.2 Å². The van der Waals surface area contributed by atoms with Gasteiger partial charge in [-0.3, -0.25) is 5.41 Å². The smallest absolute Gasteiger partial charge is 0.410 e. The highest BCUT2D eigenvalue weighted by molar-refractivity contribution is 8.36. The first-order valence-corrected chi connectivity index (χ1v) is 12.2. The molecule has 0 saturated carbocycles. The fourth-order valence-electron chi connectivity index (χ4n) is 3.84. The zero-order valence-corrected chi connectivity index (χ0v) is 20.9. The second kappa shape index (κ2) is 8.98. The van der Waals surface area contributed by atoms with Gasteiger partial charge in [-0.1, -0.05) is 13.8 Å². The lowest BCUT2D eigenvalue weighted by molar-refractivity contribution is -0.00469. The average molecular weight is 451 g/mol. The molecule has 0 radical (unpaired) electrons. The largest absolute Gasteiger partial charge is 0.444 e. The van der Waals surface area contributed by atoms with Crippen LogP contribution in [0.4, 0.5) is 4.79 Å². The second-order valence-electron chi connectivity index (χ2n) is 10.8. The fourth-order valence-corrected chi connectivity index (χ4v) is 5.26.